The molecule has 0 unspecified atom stereocenters. The molecule has 2 N–H and O–H groups in total. The average molecular weight is 355 g/mol. The topological polar surface area (TPSA) is 75.4 Å². The number of aromatic hydroxyl groups is 1. The van der Waals surface area contributed by atoms with E-state index in [4.69, 9.17) is 28.6 Å². The lowest BCUT2D eigenvalue weighted by Gasteiger charge is -2.10. The standard InChI is InChI=1S/C15H19ClN4O2S/c1-4-10(5-2)14-18-19-15(23)20(14)17-8-9-6-11(16)13(21)12(7-9)22-3/h6-8,10,21H,4-5H2,1-3H3,(H,19,23)/b17-8-. The zero-order valence-electron chi connectivity index (χ0n) is 13.2. The number of benzene rings is 1. The fourth-order valence-electron chi connectivity index (χ4n) is 2.28. The molecule has 0 saturated heterocycles. The Kier molecular flexibility index (Phi) is 5.79. The van der Waals surface area contributed by atoms with Crippen molar-refractivity contribution in [1.82, 2.24) is 14.9 Å². The zero-order chi connectivity index (χ0) is 17.0. The van der Waals surface area contributed by atoms with Crippen LogP contribution in [-0.2, 0) is 0 Å². The van der Waals surface area contributed by atoms with Gasteiger partial charge in [-0.3, -0.25) is 5.10 Å². The van der Waals surface area contributed by atoms with Crippen LogP contribution in [0.3, 0.4) is 0 Å². The van der Waals surface area contributed by atoms with Gasteiger partial charge in [-0.2, -0.15) is 14.9 Å². The van der Waals surface area contributed by atoms with Crippen LogP contribution in [0.5, 0.6) is 11.5 Å². The van der Waals surface area contributed by atoms with Crippen molar-refractivity contribution in [2.75, 3.05) is 7.11 Å². The summed E-state index contributed by atoms with van der Waals surface area (Å²) in [6.07, 6.45) is 3.50. The van der Waals surface area contributed by atoms with Crippen molar-refractivity contribution in [2.45, 2.75) is 32.6 Å². The fraction of sp³-hybridized carbons (Fsp3) is 0.400. The van der Waals surface area contributed by atoms with Gasteiger partial charge in [-0.1, -0.05) is 25.4 Å². The van der Waals surface area contributed by atoms with Crippen molar-refractivity contribution in [3.05, 3.63) is 33.3 Å². The molecule has 0 aliphatic heterocycles. The number of nitrogens with one attached hydrogen (secondary N) is 1. The predicted molar refractivity (Wildman–Crippen MR) is 93.4 cm³/mol. The molecule has 0 aliphatic rings. The molecule has 8 heteroatoms. The summed E-state index contributed by atoms with van der Waals surface area (Å²) in [5, 5.41) is 21.4. The van der Waals surface area contributed by atoms with E-state index < -0.39 is 0 Å². The molecule has 0 spiro atoms. The molecule has 0 aliphatic carbocycles. The van der Waals surface area contributed by atoms with E-state index >= 15 is 0 Å². The van der Waals surface area contributed by atoms with Crippen LogP contribution >= 0.6 is 23.8 Å². The Balaban J connectivity index is 2.40. The zero-order valence-corrected chi connectivity index (χ0v) is 14.8. The Labute approximate surface area is 144 Å². The van der Waals surface area contributed by atoms with Crippen LogP contribution in [0, 0.1) is 4.77 Å². The number of phenolic OH excluding ortho intramolecular Hbond substituents is 1. The summed E-state index contributed by atoms with van der Waals surface area (Å²) < 4.78 is 7.12. The van der Waals surface area contributed by atoms with Crippen molar-refractivity contribution in [3.8, 4) is 11.5 Å². The lowest BCUT2D eigenvalue weighted by Crippen LogP contribution is -2.05. The molecule has 124 valence electrons. The Bertz CT molecular complexity index is 765. The number of halogens is 1. The molecule has 1 heterocycles. The minimum Gasteiger partial charge on any atom is -0.503 e. The minimum absolute atomic E-state index is 0.0936. The maximum Gasteiger partial charge on any atom is 0.216 e. The van der Waals surface area contributed by atoms with Gasteiger partial charge in [0.1, 0.15) is 0 Å². The Morgan fingerprint density at radius 3 is 2.78 bits per heavy atom. The summed E-state index contributed by atoms with van der Waals surface area (Å²) in [6.45, 7) is 4.20. The molecular weight excluding hydrogens is 336 g/mol. The molecule has 6 nitrogen and oxygen atoms in total. The minimum atomic E-state index is -0.0936. The van der Waals surface area contributed by atoms with Crippen LogP contribution in [0.25, 0.3) is 0 Å². The number of ether oxygens (including phenoxy) is 1. The molecule has 1 aromatic heterocycles. The normalized spacial score (nSPS) is 11.5. The van der Waals surface area contributed by atoms with Gasteiger partial charge in [0.25, 0.3) is 0 Å². The lowest BCUT2D eigenvalue weighted by atomic mass is 10.0. The highest BCUT2D eigenvalue weighted by molar-refractivity contribution is 7.71. The second kappa shape index (κ2) is 7.61. The van der Waals surface area contributed by atoms with Gasteiger partial charge < -0.3 is 9.84 Å². The average Bonchev–Trinajstić information content (AvgIpc) is 2.90. The summed E-state index contributed by atoms with van der Waals surface area (Å²) in [5.74, 6) is 1.27. The molecule has 0 amide bonds. The smallest absolute Gasteiger partial charge is 0.216 e. The number of hydrogen-bond donors (Lipinski definition) is 2. The van der Waals surface area contributed by atoms with Crippen molar-refractivity contribution < 1.29 is 9.84 Å². The maximum atomic E-state index is 9.76. The van der Waals surface area contributed by atoms with Gasteiger partial charge in [0.15, 0.2) is 17.3 Å². The van der Waals surface area contributed by atoms with Gasteiger partial charge in [0, 0.05) is 5.92 Å². The van der Waals surface area contributed by atoms with Crippen LogP contribution < -0.4 is 4.74 Å². The van der Waals surface area contributed by atoms with Gasteiger partial charge in [-0.25, -0.2) is 0 Å². The van der Waals surface area contributed by atoms with E-state index in [2.05, 4.69) is 29.1 Å². The number of methoxy groups -OCH3 is 1. The van der Waals surface area contributed by atoms with Crippen LogP contribution in [0.15, 0.2) is 17.2 Å². The number of nitrogens with zero attached hydrogens (tertiary/aromatic N) is 3. The number of H-pyrrole nitrogens is 1. The molecule has 23 heavy (non-hydrogen) atoms. The molecule has 0 saturated carbocycles. The van der Waals surface area contributed by atoms with Crippen molar-refractivity contribution in [1.29, 1.82) is 0 Å². The number of aromatic amines is 1. The summed E-state index contributed by atoms with van der Waals surface area (Å²) in [6, 6.07) is 3.24. The van der Waals surface area contributed by atoms with Gasteiger partial charge in [0.05, 0.1) is 18.3 Å². The van der Waals surface area contributed by atoms with Gasteiger partial charge >= 0.3 is 0 Å². The monoisotopic (exact) mass is 354 g/mol. The number of rotatable bonds is 6. The van der Waals surface area contributed by atoms with E-state index in [1.165, 1.54) is 7.11 Å². The van der Waals surface area contributed by atoms with Crippen molar-refractivity contribution in [3.63, 3.8) is 0 Å². The quantitative estimate of drug-likeness (QED) is 0.605. The van der Waals surface area contributed by atoms with E-state index in [0.717, 1.165) is 18.7 Å². The first kappa shape index (κ1) is 17.5. The third kappa shape index (κ3) is 3.73. The predicted octanol–water partition coefficient (Wildman–Crippen LogP) is 4.09. The summed E-state index contributed by atoms with van der Waals surface area (Å²) >= 11 is 11.2. The summed E-state index contributed by atoms with van der Waals surface area (Å²) in [5.41, 5.74) is 0.684. The largest absolute Gasteiger partial charge is 0.503 e. The van der Waals surface area contributed by atoms with Gasteiger partial charge in [-0.05, 0) is 42.8 Å². The summed E-state index contributed by atoms with van der Waals surface area (Å²) in [4.78, 5) is 0. The molecule has 2 rings (SSSR count). The highest BCUT2D eigenvalue weighted by atomic mass is 35.5. The van der Waals surface area contributed by atoms with E-state index in [1.54, 1.807) is 23.0 Å². The van der Waals surface area contributed by atoms with Crippen molar-refractivity contribution >= 4 is 30.0 Å². The first-order valence-electron chi connectivity index (χ1n) is 7.29. The molecule has 0 radical (unpaired) electrons. The second-order valence-electron chi connectivity index (χ2n) is 5.01. The SMILES string of the molecule is CCC(CC)c1n[nH]c(=S)n1/N=C\c1cc(Cl)c(O)c(OC)c1. The molecule has 1 aromatic carbocycles. The number of hydrogen-bond acceptors (Lipinski definition) is 5. The molecule has 0 atom stereocenters. The highest BCUT2D eigenvalue weighted by Gasteiger charge is 2.15. The third-order valence-electron chi connectivity index (χ3n) is 3.62. The van der Waals surface area contributed by atoms with Crippen LogP contribution in [0.4, 0.5) is 0 Å². The summed E-state index contributed by atoms with van der Waals surface area (Å²) in [7, 11) is 1.46. The Morgan fingerprint density at radius 1 is 1.48 bits per heavy atom. The van der Waals surface area contributed by atoms with Gasteiger partial charge in [-0.15, -0.1) is 0 Å². The Hall–Kier alpha value is -1.86. The molecule has 0 bridgehead atoms. The number of phenols is 1. The van der Waals surface area contributed by atoms with Crippen LogP contribution in [-0.4, -0.2) is 33.3 Å². The number of aromatic nitrogens is 3. The highest BCUT2D eigenvalue weighted by Crippen LogP contribution is 2.34. The van der Waals surface area contributed by atoms with E-state index in [-0.39, 0.29) is 22.4 Å². The van der Waals surface area contributed by atoms with E-state index in [1.807, 2.05) is 0 Å². The molecule has 0 fully saturated rings. The first-order chi connectivity index (χ1) is 11.0. The first-order valence-corrected chi connectivity index (χ1v) is 8.08. The van der Waals surface area contributed by atoms with Gasteiger partial charge in [0.2, 0.25) is 4.77 Å². The van der Waals surface area contributed by atoms with Crippen LogP contribution in [0.2, 0.25) is 5.02 Å². The molecular formula is C15H19ClN4O2S. The molecule has 2 aromatic rings. The lowest BCUT2D eigenvalue weighted by molar-refractivity contribution is 0.373. The van der Waals surface area contributed by atoms with Crippen molar-refractivity contribution in [2.24, 2.45) is 5.10 Å². The maximum absolute atomic E-state index is 9.76. The second-order valence-corrected chi connectivity index (χ2v) is 5.80. The third-order valence-corrected chi connectivity index (χ3v) is 4.17. The van der Waals surface area contributed by atoms with E-state index in [9.17, 15) is 5.11 Å². The fourth-order valence-corrected chi connectivity index (χ4v) is 2.69. The van der Waals surface area contributed by atoms with E-state index in [0.29, 0.717) is 10.3 Å². The Morgan fingerprint density at radius 2 is 2.17 bits per heavy atom. The van der Waals surface area contributed by atoms with Crippen LogP contribution in [0.1, 0.15) is 44.0 Å².